The van der Waals surface area contributed by atoms with Crippen molar-refractivity contribution in [1.82, 2.24) is 4.90 Å². The van der Waals surface area contributed by atoms with E-state index in [-0.39, 0.29) is 24.4 Å². The number of nitrogens with zero attached hydrogens (tertiary/aromatic N) is 1. The summed E-state index contributed by atoms with van der Waals surface area (Å²) in [6, 6.07) is 9.71. The summed E-state index contributed by atoms with van der Waals surface area (Å²) in [6.45, 7) is 3.83. The second-order valence-corrected chi connectivity index (χ2v) is 6.82. The lowest BCUT2D eigenvalue weighted by molar-refractivity contribution is -0.0661. The second kappa shape index (κ2) is 10.6. The van der Waals surface area contributed by atoms with Crippen molar-refractivity contribution in [1.29, 1.82) is 0 Å². The minimum Gasteiger partial charge on any atom is -0.445 e. The van der Waals surface area contributed by atoms with E-state index in [1.54, 1.807) is 12.0 Å². The predicted octanol–water partition coefficient (Wildman–Crippen LogP) is 2.23. The Balaban J connectivity index is 1.27. The first-order chi connectivity index (χ1) is 13.3. The van der Waals surface area contributed by atoms with Gasteiger partial charge in [0.05, 0.1) is 32.5 Å². The Kier molecular flexibility index (Phi) is 7.89. The third-order valence-electron chi connectivity index (χ3n) is 4.96. The summed E-state index contributed by atoms with van der Waals surface area (Å²) in [7, 11) is 1.67. The Morgan fingerprint density at radius 2 is 1.78 bits per heavy atom. The lowest BCUT2D eigenvalue weighted by Gasteiger charge is -2.31. The number of hydrogen-bond acceptors (Lipinski definition) is 6. The second-order valence-electron chi connectivity index (χ2n) is 6.82. The Bertz CT molecular complexity index is 561. The van der Waals surface area contributed by atoms with Crippen LogP contribution in [0.5, 0.6) is 0 Å². The summed E-state index contributed by atoms with van der Waals surface area (Å²) < 4.78 is 27.7. The predicted molar refractivity (Wildman–Crippen MR) is 98.5 cm³/mol. The van der Waals surface area contributed by atoms with Crippen molar-refractivity contribution >= 4 is 6.09 Å². The summed E-state index contributed by atoms with van der Waals surface area (Å²) >= 11 is 0. The monoisotopic (exact) mass is 379 g/mol. The molecule has 0 spiro atoms. The van der Waals surface area contributed by atoms with Crippen molar-refractivity contribution in [3.8, 4) is 0 Å². The van der Waals surface area contributed by atoms with Crippen LogP contribution < -0.4 is 0 Å². The van der Waals surface area contributed by atoms with Crippen LogP contribution in [-0.2, 0) is 30.3 Å². The van der Waals surface area contributed by atoms with Crippen LogP contribution in [0.4, 0.5) is 4.79 Å². The molecule has 2 atom stereocenters. The molecule has 0 aromatic heterocycles. The molecule has 7 heteroatoms. The van der Waals surface area contributed by atoms with Gasteiger partial charge in [-0.1, -0.05) is 30.3 Å². The largest absolute Gasteiger partial charge is 0.445 e. The summed E-state index contributed by atoms with van der Waals surface area (Å²) in [5.41, 5.74) is 0.993. The van der Waals surface area contributed by atoms with E-state index in [1.807, 2.05) is 30.3 Å². The van der Waals surface area contributed by atoms with Gasteiger partial charge in [0, 0.05) is 20.2 Å². The Morgan fingerprint density at radius 1 is 1.07 bits per heavy atom. The van der Waals surface area contributed by atoms with Gasteiger partial charge in [0.1, 0.15) is 18.8 Å². The topological polar surface area (TPSA) is 66.5 Å². The van der Waals surface area contributed by atoms with Crippen LogP contribution >= 0.6 is 0 Å². The van der Waals surface area contributed by atoms with Crippen LogP contribution in [0.25, 0.3) is 0 Å². The van der Waals surface area contributed by atoms with E-state index in [0.717, 1.165) is 18.4 Å². The number of carbonyl (C=O) groups is 1. The van der Waals surface area contributed by atoms with Crippen molar-refractivity contribution in [2.24, 2.45) is 0 Å². The zero-order chi connectivity index (χ0) is 18.9. The van der Waals surface area contributed by atoms with Gasteiger partial charge in [0.25, 0.3) is 0 Å². The normalized spacial score (nSPS) is 23.5. The molecule has 0 radical (unpaired) electrons. The molecule has 1 aromatic rings. The first-order valence-corrected chi connectivity index (χ1v) is 9.55. The average molecular weight is 379 g/mol. The van der Waals surface area contributed by atoms with Gasteiger partial charge in [-0.25, -0.2) is 4.79 Å². The Labute approximate surface area is 160 Å². The van der Waals surface area contributed by atoms with Crippen LogP contribution in [0.15, 0.2) is 30.3 Å². The molecule has 2 aliphatic rings. The number of carbonyl (C=O) groups excluding carboxylic acids is 1. The first-order valence-electron chi connectivity index (χ1n) is 9.55. The Hall–Kier alpha value is -1.67. The molecule has 0 unspecified atom stereocenters. The van der Waals surface area contributed by atoms with E-state index >= 15 is 0 Å². The fourth-order valence-electron chi connectivity index (χ4n) is 3.32. The maximum atomic E-state index is 12.2. The van der Waals surface area contributed by atoms with Gasteiger partial charge in [-0.2, -0.15) is 0 Å². The van der Waals surface area contributed by atoms with Gasteiger partial charge in [0.2, 0.25) is 0 Å². The van der Waals surface area contributed by atoms with Gasteiger partial charge in [-0.05, 0) is 18.4 Å². The zero-order valence-electron chi connectivity index (χ0n) is 15.9. The first kappa shape index (κ1) is 20.1. The molecule has 27 heavy (non-hydrogen) atoms. The van der Waals surface area contributed by atoms with Gasteiger partial charge in [-0.3, -0.25) is 0 Å². The highest BCUT2D eigenvalue weighted by atomic mass is 16.6. The van der Waals surface area contributed by atoms with Crippen LogP contribution in [0, 0.1) is 0 Å². The molecule has 1 aromatic carbocycles. The van der Waals surface area contributed by atoms with Gasteiger partial charge >= 0.3 is 6.09 Å². The molecule has 0 saturated carbocycles. The van der Waals surface area contributed by atoms with E-state index in [9.17, 15) is 4.79 Å². The zero-order valence-corrected chi connectivity index (χ0v) is 15.9. The number of methoxy groups -OCH3 is 1. The quantitative estimate of drug-likeness (QED) is 0.646. The number of rotatable bonds is 8. The third-order valence-corrected chi connectivity index (χ3v) is 4.96. The molecule has 2 fully saturated rings. The molecule has 2 aliphatic heterocycles. The van der Waals surface area contributed by atoms with Crippen LogP contribution in [-0.4, -0.2) is 75.9 Å². The summed E-state index contributed by atoms with van der Waals surface area (Å²) in [4.78, 5) is 13.9. The molecule has 2 saturated heterocycles. The highest BCUT2D eigenvalue weighted by Crippen LogP contribution is 2.16. The maximum absolute atomic E-state index is 12.2. The number of ether oxygens (including phenoxy) is 5. The highest BCUT2D eigenvalue weighted by Gasteiger charge is 2.29. The standard InChI is InChI=1S/C20H29NO6/c1-23-18-14-24-15-19(18)26-12-11-25-17-7-9-21(10-8-17)20(22)27-13-16-5-3-2-4-6-16/h2-6,17-19H,7-15H2,1H3/t18-,19-/m1/s1. The maximum Gasteiger partial charge on any atom is 0.410 e. The van der Waals surface area contributed by atoms with Crippen LogP contribution in [0.1, 0.15) is 18.4 Å². The van der Waals surface area contributed by atoms with Gasteiger partial charge < -0.3 is 28.6 Å². The third kappa shape index (κ3) is 6.17. The fraction of sp³-hybridized carbons (Fsp3) is 0.650. The summed E-state index contributed by atoms with van der Waals surface area (Å²) in [6.07, 6.45) is 1.52. The van der Waals surface area contributed by atoms with E-state index in [1.165, 1.54) is 0 Å². The van der Waals surface area contributed by atoms with Crippen molar-refractivity contribution in [2.75, 3.05) is 46.6 Å². The molecular formula is C20H29NO6. The minimum absolute atomic E-state index is 0.00939. The number of piperidine rings is 1. The molecule has 7 nitrogen and oxygen atoms in total. The molecule has 2 heterocycles. The number of hydrogen-bond donors (Lipinski definition) is 0. The molecular weight excluding hydrogens is 350 g/mol. The summed E-state index contributed by atoms with van der Waals surface area (Å²) in [5.74, 6) is 0. The van der Waals surface area contributed by atoms with Crippen molar-refractivity contribution in [2.45, 2.75) is 37.8 Å². The van der Waals surface area contributed by atoms with Gasteiger partial charge in [0.15, 0.2) is 0 Å². The van der Waals surface area contributed by atoms with Crippen molar-refractivity contribution in [3.63, 3.8) is 0 Å². The minimum atomic E-state index is -0.257. The molecule has 0 aliphatic carbocycles. The average Bonchev–Trinajstić information content (AvgIpc) is 3.18. The Morgan fingerprint density at radius 3 is 2.52 bits per heavy atom. The summed E-state index contributed by atoms with van der Waals surface area (Å²) in [5, 5.41) is 0. The van der Waals surface area contributed by atoms with Crippen molar-refractivity contribution < 1.29 is 28.5 Å². The van der Waals surface area contributed by atoms with E-state index < -0.39 is 0 Å². The fourth-order valence-corrected chi connectivity index (χ4v) is 3.32. The van der Waals surface area contributed by atoms with Crippen LogP contribution in [0.2, 0.25) is 0 Å². The highest BCUT2D eigenvalue weighted by molar-refractivity contribution is 5.67. The molecule has 1 amide bonds. The molecule has 150 valence electrons. The van der Waals surface area contributed by atoms with Gasteiger partial charge in [-0.15, -0.1) is 0 Å². The SMILES string of the molecule is CO[C@@H]1COC[C@H]1OCCOC1CCN(C(=O)OCc2ccccc2)CC1. The number of likely N-dealkylation sites (tertiary alicyclic amines) is 1. The molecule has 3 rings (SSSR count). The number of benzene rings is 1. The molecule has 0 N–H and O–H groups in total. The molecule has 0 bridgehead atoms. The lowest BCUT2D eigenvalue weighted by atomic mass is 10.1. The van der Waals surface area contributed by atoms with E-state index in [4.69, 9.17) is 23.7 Å². The number of amides is 1. The van der Waals surface area contributed by atoms with E-state index in [0.29, 0.717) is 46.1 Å². The lowest BCUT2D eigenvalue weighted by Crippen LogP contribution is -2.41. The smallest absolute Gasteiger partial charge is 0.410 e. The van der Waals surface area contributed by atoms with Crippen LogP contribution in [0.3, 0.4) is 0 Å². The van der Waals surface area contributed by atoms with E-state index in [2.05, 4.69) is 0 Å². The van der Waals surface area contributed by atoms with Crippen molar-refractivity contribution in [3.05, 3.63) is 35.9 Å².